The zero-order valence-electron chi connectivity index (χ0n) is 11.2. The molecule has 1 rings (SSSR count). The van der Waals surface area contributed by atoms with Gasteiger partial charge >= 0.3 is 0 Å². The predicted octanol–water partition coefficient (Wildman–Crippen LogP) is 1.39. The summed E-state index contributed by atoms with van der Waals surface area (Å²) in [4.78, 5) is 14.0. The number of carbonyl (C=O) groups excluding carboxylic acids is 1. The third-order valence-electron chi connectivity index (χ3n) is 3.56. The molecule has 1 aliphatic rings. The standard InChI is InChI=1S/C13H26N2O2/c1-3-8-17-10-13(16)15(4-2)12-7-5-6-11(12)9-14/h11-12H,3-10,14H2,1-2H3. The van der Waals surface area contributed by atoms with E-state index in [1.54, 1.807) is 0 Å². The second-order valence-electron chi connectivity index (χ2n) is 4.73. The zero-order chi connectivity index (χ0) is 12.7. The molecule has 1 saturated carbocycles. The molecular weight excluding hydrogens is 216 g/mol. The Hall–Kier alpha value is -0.610. The number of likely N-dealkylation sites (N-methyl/N-ethyl adjacent to an activating group) is 1. The number of hydrogen-bond donors (Lipinski definition) is 1. The van der Waals surface area contributed by atoms with Crippen molar-refractivity contribution >= 4 is 5.91 Å². The minimum atomic E-state index is 0.117. The lowest BCUT2D eigenvalue weighted by molar-refractivity contribution is -0.139. The van der Waals surface area contributed by atoms with E-state index in [0.717, 1.165) is 25.8 Å². The minimum Gasteiger partial charge on any atom is -0.372 e. The van der Waals surface area contributed by atoms with E-state index in [2.05, 4.69) is 0 Å². The maximum atomic E-state index is 12.1. The Morgan fingerprint density at radius 2 is 2.18 bits per heavy atom. The van der Waals surface area contributed by atoms with Crippen LogP contribution in [0.2, 0.25) is 0 Å². The lowest BCUT2D eigenvalue weighted by atomic mass is 10.0. The molecule has 1 amide bonds. The van der Waals surface area contributed by atoms with Crippen LogP contribution < -0.4 is 5.73 Å². The van der Waals surface area contributed by atoms with Crippen molar-refractivity contribution in [3.05, 3.63) is 0 Å². The average molecular weight is 242 g/mol. The van der Waals surface area contributed by atoms with Gasteiger partial charge in [0.05, 0.1) is 0 Å². The van der Waals surface area contributed by atoms with E-state index in [0.29, 0.717) is 25.1 Å². The van der Waals surface area contributed by atoms with Gasteiger partial charge in [-0.2, -0.15) is 0 Å². The molecule has 4 nitrogen and oxygen atoms in total. The molecule has 2 unspecified atom stereocenters. The third kappa shape index (κ3) is 3.96. The molecule has 0 bridgehead atoms. The summed E-state index contributed by atoms with van der Waals surface area (Å²) in [6, 6.07) is 0.336. The second-order valence-corrected chi connectivity index (χ2v) is 4.73. The summed E-state index contributed by atoms with van der Waals surface area (Å²) in [5.74, 6) is 0.594. The normalized spacial score (nSPS) is 23.9. The lowest BCUT2D eigenvalue weighted by Gasteiger charge is -2.31. The van der Waals surface area contributed by atoms with Crippen molar-refractivity contribution in [2.24, 2.45) is 11.7 Å². The fourth-order valence-corrected chi connectivity index (χ4v) is 2.69. The maximum Gasteiger partial charge on any atom is 0.248 e. The van der Waals surface area contributed by atoms with Gasteiger partial charge in [-0.15, -0.1) is 0 Å². The molecule has 0 aliphatic heterocycles. The Bertz CT molecular complexity index is 233. The monoisotopic (exact) mass is 242 g/mol. The van der Waals surface area contributed by atoms with Crippen LogP contribution in [0.15, 0.2) is 0 Å². The van der Waals surface area contributed by atoms with Gasteiger partial charge in [0, 0.05) is 19.2 Å². The molecule has 1 aliphatic carbocycles. The molecule has 0 heterocycles. The van der Waals surface area contributed by atoms with Crippen LogP contribution in [0.25, 0.3) is 0 Å². The fraction of sp³-hybridized carbons (Fsp3) is 0.923. The van der Waals surface area contributed by atoms with E-state index in [9.17, 15) is 4.79 Å². The van der Waals surface area contributed by atoms with Crippen LogP contribution in [0.1, 0.15) is 39.5 Å². The molecule has 0 aromatic carbocycles. The van der Waals surface area contributed by atoms with Crippen LogP contribution in [0.3, 0.4) is 0 Å². The first-order valence-electron chi connectivity index (χ1n) is 6.81. The molecule has 4 heteroatoms. The van der Waals surface area contributed by atoms with Crippen molar-refractivity contribution in [1.82, 2.24) is 4.90 Å². The van der Waals surface area contributed by atoms with E-state index in [1.807, 2.05) is 18.7 Å². The Balaban J connectivity index is 2.48. The van der Waals surface area contributed by atoms with E-state index >= 15 is 0 Å². The minimum absolute atomic E-state index is 0.117. The molecular formula is C13H26N2O2. The molecule has 0 aromatic rings. The smallest absolute Gasteiger partial charge is 0.248 e. The predicted molar refractivity (Wildman–Crippen MR) is 68.7 cm³/mol. The molecule has 0 radical (unpaired) electrons. The van der Waals surface area contributed by atoms with Gasteiger partial charge in [-0.1, -0.05) is 13.3 Å². The highest BCUT2D eigenvalue weighted by Crippen LogP contribution is 2.29. The third-order valence-corrected chi connectivity index (χ3v) is 3.56. The summed E-state index contributed by atoms with van der Waals surface area (Å²) in [5.41, 5.74) is 5.77. The van der Waals surface area contributed by atoms with Crippen LogP contribution in [0.5, 0.6) is 0 Å². The van der Waals surface area contributed by atoms with Gasteiger partial charge in [0.25, 0.3) is 0 Å². The molecule has 2 atom stereocenters. The molecule has 100 valence electrons. The number of rotatable bonds is 7. The Labute approximate surface area is 104 Å². The van der Waals surface area contributed by atoms with Crippen LogP contribution in [0.4, 0.5) is 0 Å². The maximum absolute atomic E-state index is 12.1. The number of hydrogen-bond acceptors (Lipinski definition) is 3. The Kier molecular flexibility index (Phi) is 6.52. The van der Waals surface area contributed by atoms with Crippen molar-refractivity contribution in [3.63, 3.8) is 0 Å². The summed E-state index contributed by atoms with van der Waals surface area (Å²) in [7, 11) is 0. The van der Waals surface area contributed by atoms with Crippen molar-refractivity contribution in [2.45, 2.75) is 45.6 Å². The summed E-state index contributed by atoms with van der Waals surface area (Å²) >= 11 is 0. The fourth-order valence-electron chi connectivity index (χ4n) is 2.69. The number of ether oxygens (including phenoxy) is 1. The van der Waals surface area contributed by atoms with Gasteiger partial charge < -0.3 is 15.4 Å². The molecule has 1 fully saturated rings. The van der Waals surface area contributed by atoms with Crippen LogP contribution >= 0.6 is 0 Å². The van der Waals surface area contributed by atoms with E-state index in [1.165, 1.54) is 6.42 Å². The van der Waals surface area contributed by atoms with Crippen molar-refractivity contribution in [1.29, 1.82) is 0 Å². The summed E-state index contributed by atoms with van der Waals surface area (Å²) in [6.07, 6.45) is 4.39. The van der Waals surface area contributed by atoms with E-state index in [4.69, 9.17) is 10.5 Å². The average Bonchev–Trinajstić information content (AvgIpc) is 2.78. The van der Waals surface area contributed by atoms with Crippen LogP contribution in [-0.2, 0) is 9.53 Å². The molecule has 0 aromatic heterocycles. The van der Waals surface area contributed by atoms with Crippen molar-refractivity contribution in [2.75, 3.05) is 26.3 Å². The highest BCUT2D eigenvalue weighted by Gasteiger charge is 2.32. The lowest BCUT2D eigenvalue weighted by Crippen LogP contribution is -2.45. The van der Waals surface area contributed by atoms with Crippen molar-refractivity contribution in [3.8, 4) is 0 Å². The van der Waals surface area contributed by atoms with E-state index < -0.39 is 0 Å². The quantitative estimate of drug-likeness (QED) is 0.686. The first kappa shape index (κ1) is 14.5. The van der Waals surface area contributed by atoms with Crippen LogP contribution in [0, 0.1) is 5.92 Å². The van der Waals surface area contributed by atoms with Gasteiger partial charge in [-0.25, -0.2) is 0 Å². The SMILES string of the molecule is CCCOCC(=O)N(CC)C1CCCC1CN. The zero-order valence-corrected chi connectivity index (χ0v) is 11.2. The van der Waals surface area contributed by atoms with Crippen molar-refractivity contribution < 1.29 is 9.53 Å². The largest absolute Gasteiger partial charge is 0.372 e. The first-order chi connectivity index (χ1) is 8.24. The molecule has 0 saturated heterocycles. The van der Waals surface area contributed by atoms with E-state index in [-0.39, 0.29) is 12.5 Å². The number of carbonyl (C=O) groups is 1. The van der Waals surface area contributed by atoms with Gasteiger partial charge in [0.15, 0.2) is 0 Å². The number of nitrogens with two attached hydrogens (primary N) is 1. The molecule has 17 heavy (non-hydrogen) atoms. The molecule has 0 spiro atoms. The first-order valence-corrected chi connectivity index (χ1v) is 6.81. The van der Waals surface area contributed by atoms with Gasteiger partial charge in [-0.3, -0.25) is 4.79 Å². The topological polar surface area (TPSA) is 55.6 Å². The number of amides is 1. The highest BCUT2D eigenvalue weighted by atomic mass is 16.5. The van der Waals surface area contributed by atoms with Gasteiger partial charge in [0.2, 0.25) is 5.91 Å². The summed E-state index contributed by atoms with van der Waals surface area (Å²) in [5, 5.41) is 0. The van der Waals surface area contributed by atoms with Gasteiger partial charge in [-0.05, 0) is 38.6 Å². The molecule has 2 N–H and O–H groups in total. The summed E-state index contributed by atoms with van der Waals surface area (Å²) < 4.78 is 5.33. The number of nitrogens with zero attached hydrogens (tertiary/aromatic N) is 1. The Morgan fingerprint density at radius 3 is 2.76 bits per heavy atom. The summed E-state index contributed by atoms with van der Waals surface area (Å²) in [6.45, 7) is 6.40. The second kappa shape index (κ2) is 7.67. The van der Waals surface area contributed by atoms with Gasteiger partial charge in [0.1, 0.15) is 6.61 Å². The van der Waals surface area contributed by atoms with Crippen LogP contribution in [-0.4, -0.2) is 43.2 Å². The highest BCUT2D eigenvalue weighted by molar-refractivity contribution is 5.77. The Morgan fingerprint density at radius 1 is 1.41 bits per heavy atom.